The van der Waals surface area contributed by atoms with Gasteiger partial charge in [-0.05, 0) is 103 Å². The molecule has 1 atom stereocenters. The van der Waals surface area contributed by atoms with Crippen molar-refractivity contribution in [2.75, 3.05) is 7.11 Å². The molecule has 0 radical (unpaired) electrons. The third-order valence-corrected chi connectivity index (χ3v) is 9.95. The first-order chi connectivity index (χ1) is 18.3. The van der Waals surface area contributed by atoms with E-state index in [9.17, 15) is 4.79 Å². The predicted octanol–water partition coefficient (Wildman–Crippen LogP) is 9.59. The van der Waals surface area contributed by atoms with Gasteiger partial charge in [0.15, 0.2) is 6.10 Å². The number of hydrogen-bond donors (Lipinski definition) is 0. The van der Waals surface area contributed by atoms with Gasteiger partial charge in [0, 0.05) is 21.2 Å². The van der Waals surface area contributed by atoms with Gasteiger partial charge in [-0.15, -0.1) is 11.3 Å². The van der Waals surface area contributed by atoms with E-state index in [0.717, 1.165) is 32.1 Å². The van der Waals surface area contributed by atoms with Crippen LogP contribution >= 0.6 is 43.2 Å². The molecule has 3 nitrogen and oxygen atoms in total. The van der Waals surface area contributed by atoms with Gasteiger partial charge in [-0.1, -0.05) is 61.5 Å². The highest BCUT2D eigenvalue weighted by Gasteiger charge is 2.26. The number of methoxy groups -OCH3 is 1. The van der Waals surface area contributed by atoms with Crippen LogP contribution in [0, 0.1) is 13.8 Å². The highest BCUT2D eigenvalue weighted by Crippen LogP contribution is 2.48. The first-order valence-electron chi connectivity index (χ1n) is 12.5. The Labute approximate surface area is 244 Å². The molecule has 0 N–H and O–H groups in total. The molecule has 0 aliphatic heterocycles. The highest BCUT2D eigenvalue weighted by molar-refractivity contribution is 9.11. The van der Waals surface area contributed by atoms with Crippen LogP contribution in [0.15, 0.2) is 75.7 Å². The fourth-order valence-corrected chi connectivity index (χ4v) is 7.50. The molecule has 0 fully saturated rings. The van der Waals surface area contributed by atoms with Crippen LogP contribution in [0.3, 0.4) is 0 Å². The summed E-state index contributed by atoms with van der Waals surface area (Å²) in [5.41, 5.74) is 5.68. The summed E-state index contributed by atoms with van der Waals surface area (Å²) in [5, 5.41) is 3.67. The van der Waals surface area contributed by atoms with E-state index < -0.39 is 12.1 Å². The maximum Gasteiger partial charge on any atom is 0.347 e. The van der Waals surface area contributed by atoms with Crippen LogP contribution in [0.1, 0.15) is 28.5 Å². The van der Waals surface area contributed by atoms with Crippen molar-refractivity contribution >= 4 is 70.0 Å². The summed E-state index contributed by atoms with van der Waals surface area (Å²) in [6.07, 6.45) is 0.424. The number of carbonyl (C=O) groups excluding carboxylic acids is 1. The summed E-state index contributed by atoms with van der Waals surface area (Å²) < 4.78 is 14.7. The lowest BCUT2D eigenvalue weighted by Gasteiger charge is -2.22. The Hall–Kier alpha value is -2.67. The molecule has 0 amide bonds. The molecule has 4 aromatic carbocycles. The molecule has 0 spiro atoms. The van der Waals surface area contributed by atoms with Crippen molar-refractivity contribution < 1.29 is 14.3 Å². The Morgan fingerprint density at radius 2 is 1.66 bits per heavy atom. The van der Waals surface area contributed by atoms with Gasteiger partial charge in [0.25, 0.3) is 0 Å². The van der Waals surface area contributed by atoms with Crippen molar-refractivity contribution in [2.45, 2.75) is 39.7 Å². The Bertz CT molecular complexity index is 1660. The Morgan fingerprint density at radius 3 is 2.34 bits per heavy atom. The lowest BCUT2D eigenvalue weighted by Crippen LogP contribution is -2.31. The second-order valence-corrected chi connectivity index (χ2v) is 12.2. The molecule has 6 heteroatoms. The fraction of sp³-hybridized carbons (Fsp3) is 0.219. The zero-order valence-electron chi connectivity index (χ0n) is 21.7. The first kappa shape index (κ1) is 26.9. The van der Waals surface area contributed by atoms with Gasteiger partial charge < -0.3 is 9.47 Å². The second-order valence-electron chi connectivity index (χ2n) is 9.34. The van der Waals surface area contributed by atoms with Crippen molar-refractivity contribution in [3.63, 3.8) is 0 Å². The van der Waals surface area contributed by atoms with E-state index in [0.29, 0.717) is 12.2 Å². The molecule has 0 aliphatic carbocycles. The average molecular weight is 652 g/mol. The Morgan fingerprint density at radius 1 is 0.974 bits per heavy atom. The van der Waals surface area contributed by atoms with Crippen molar-refractivity contribution in [2.24, 2.45) is 0 Å². The number of ether oxygens (including phenoxy) is 2. The lowest BCUT2D eigenvalue weighted by molar-refractivity contribution is -0.148. The summed E-state index contributed by atoms with van der Waals surface area (Å²) in [5.74, 6) is 0.287. The third-order valence-electron chi connectivity index (χ3n) is 7.05. The zero-order chi connectivity index (χ0) is 27.0. The van der Waals surface area contributed by atoms with Gasteiger partial charge in [0.1, 0.15) is 5.75 Å². The average Bonchev–Trinajstić information content (AvgIpc) is 3.23. The lowest BCUT2D eigenvalue weighted by atomic mass is 9.91. The fourth-order valence-electron chi connectivity index (χ4n) is 5.00. The van der Waals surface area contributed by atoms with Crippen LogP contribution in [-0.4, -0.2) is 19.2 Å². The normalized spacial score (nSPS) is 12.2. The van der Waals surface area contributed by atoms with E-state index in [2.05, 4.69) is 89.0 Å². The molecule has 0 bridgehead atoms. The maximum atomic E-state index is 12.7. The molecule has 1 unspecified atom stereocenters. The SMILES string of the molecule is CCc1cc(-c2c3ccccc3c(Br)c3sc(C)c(C)c23)cc(Br)c1OC(Cc1ccccc1)C(=O)OC. The number of fused-ring (bicyclic) bond motifs is 2. The zero-order valence-corrected chi connectivity index (χ0v) is 25.7. The van der Waals surface area contributed by atoms with E-state index in [1.165, 1.54) is 44.0 Å². The van der Waals surface area contributed by atoms with E-state index in [4.69, 9.17) is 9.47 Å². The molecule has 38 heavy (non-hydrogen) atoms. The minimum atomic E-state index is -0.753. The standard InChI is InChI=1S/C32H28Br2O3S/c1-5-21-16-22(17-25(33)30(21)37-26(32(35)36-4)15-20-11-7-6-8-12-20)28-23-13-9-10-14-24(23)29(34)31-27(28)18(2)19(3)38-31/h6-14,16-17,26H,5,15H2,1-4H3. The number of carbonyl (C=O) groups is 1. The number of benzene rings is 4. The van der Waals surface area contributed by atoms with Gasteiger partial charge in [-0.2, -0.15) is 0 Å². The summed E-state index contributed by atoms with van der Waals surface area (Å²) in [6, 6.07) is 22.7. The van der Waals surface area contributed by atoms with E-state index in [1.807, 2.05) is 41.7 Å². The maximum absolute atomic E-state index is 12.7. The van der Waals surface area contributed by atoms with Crippen LogP contribution in [0.2, 0.25) is 0 Å². The van der Waals surface area contributed by atoms with Gasteiger partial charge in [-0.25, -0.2) is 4.79 Å². The number of halogens is 2. The number of rotatable bonds is 7. The Balaban J connectivity index is 1.67. The van der Waals surface area contributed by atoms with Gasteiger partial charge >= 0.3 is 5.97 Å². The molecule has 0 aliphatic rings. The van der Waals surface area contributed by atoms with Crippen molar-refractivity contribution in [1.29, 1.82) is 0 Å². The van der Waals surface area contributed by atoms with Crippen molar-refractivity contribution in [3.05, 3.63) is 97.2 Å². The third kappa shape index (κ3) is 4.90. The van der Waals surface area contributed by atoms with Crippen molar-refractivity contribution in [1.82, 2.24) is 0 Å². The van der Waals surface area contributed by atoms with Gasteiger partial charge in [-0.3, -0.25) is 0 Å². The molecule has 194 valence electrons. The molecular weight excluding hydrogens is 624 g/mol. The molecule has 5 aromatic rings. The number of esters is 1. The van der Waals surface area contributed by atoms with E-state index >= 15 is 0 Å². The summed E-state index contributed by atoms with van der Waals surface area (Å²) in [4.78, 5) is 14.0. The summed E-state index contributed by atoms with van der Waals surface area (Å²) in [7, 11) is 1.40. The largest absolute Gasteiger partial charge is 0.477 e. The van der Waals surface area contributed by atoms with Crippen LogP contribution in [0.4, 0.5) is 0 Å². The number of thiophene rings is 1. The number of aryl methyl sites for hydroxylation is 3. The second kappa shape index (κ2) is 11.2. The van der Waals surface area contributed by atoms with Gasteiger partial charge in [0.05, 0.1) is 16.3 Å². The molecule has 1 heterocycles. The van der Waals surface area contributed by atoms with Crippen LogP contribution < -0.4 is 4.74 Å². The van der Waals surface area contributed by atoms with E-state index in [-0.39, 0.29) is 0 Å². The molecule has 1 aromatic heterocycles. The molecule has 5 rings (SSSR count). The summed E-state index contributed by atoms with van der Waals surface area (Å²) in [6.45, 7) is 6.50. The highest BCUT2D eigenvalue weighted by atomic mass is 79.9. The first-order valence-corrected chi connectivity index (χ1v) is 14.9. The minimum Gasteiger partial charge on any atom is -0.477 e. The van der Waals surface area contributed by atoms with Crippen LogP contribution in [0.25, 0.3) is 32.0 Å². The topological polar surface area (TPSA) is 35.5 Å². The van der Waals surface area contributed by atoms with E-state index in [1.54, 1.807) is 0 Å². The van der Waals surface area contributed by atoms with Crippen LogP contribution in [-0.2, 0) is 22.4 Å². The van der Waals surface area contributed by atoms with Crippen LogP contribution in [0.5, 0.6) is 5.75 Å². The summed E-state index contributed by atoms with van der Waals surface area (Å²) >= 11 is 9.53. The predicted molar refractivity (Wildman–Crippen MR) is 166 cm³/mol. The Kier molecular flexibility index (Phi) is 7.94. The monoisotopic (exact) mass is 650 g/mol. The minimum absolute atomic E-state index is 0.392. The van der Waals surface area contributed by atoms with Gasteiger partial charge in [0.2, 0.25) is 0 Å². The molecule has 0 saturated carbocycles. The smallest absolute Gasteiger partial charge is 0.347 e. The molecular formula is C32H28Br2O3S. The van der Waals surface area contributed by atoms with Crippen molar-refractivity contribution in [3.8, 4) is 16.9 Å². The number of hydrogen-bond acceptors (Lipinski definition) is 4. The quantitative estimate of drug-likeness (QED) is 0.164. The molecule has 0 saturated heterocycles.